The molecule has 19 heavy (non-hydrogen) atoms. The van der Waals surface area contributed by atoms with Crippen molar-refractivity contribution in [1.82, 2.24) is 10.2 Å². The van der Waals surface area contributed by atoms with Gasteiger partial charge in [-0.1, -0.05) is 12.1 Å². The van der Waals surface area contributed by atoms with Crippen LogP contribution in [0.25, 0.3) is 11.3 Å². The highest BCUT2D eigenvalue weighted by Crippen LogP contribution is 2.18. The van der Waals surface area contributed by atoms with Crippen molar-refractivity contribution in [1.29, 1.82) is 5.26 Å². The van der Waals surface area contributed by atoms with Gasteiger partial charge in [-0.2, -0.15) is 10.4 Å². The molecule has 0 aliphatic heterocycles. The van der Waals surface area contributed by atoms with Crippen LogP contribution in [-0.2, 0) is 0 Å². The molecular formula is C12H7N3O4. The lowest BCUT2D eigenvalue weighted by Gasteiger charge is -2.02. The van der Waals surface area contributed by atoms with Gasteiger partial charge in [0.05, 0.1) is 17.3 Å². The molecule has 1 heterocycles. The van der Waals surface area contributed by atoms with Crippen molar-refractivity contribution in [3.63, 3.8) is 0 Å². The summed E-state index contributed by atoms with van der Waals surface area (Å²) in [4.78, 5) is 21.7. The van der Waals surface area contributed by atoms with Crippen LogP contribution in [0.4, 0.5) is 4.79 Å². The van der Waals surface area contributed by atoms with Crippen LogP contribution in [0.3, 0.4) is 0 Å². The Balaban J connectivity index is 2.42. The van der Waals surface area contributed by atoms with Gasteiger partial charge in [-0.25, -0.2) is 9.89 Å². The van der Waals surface area contributed by atoms with E-state index in [0.29, 0.717) is 16.8 Å². The zero-order chi connectivity index (χ0) is 13.8. The maximum atomic E-state index is 11.3. The average molecular weight is 257 g/mol. The molecule has 0 amide bonds. The first-order valence-electron chi connectivity index (χ1n) is 5.11. The predicted molar refractivity (Wildman–Crippen MR) is 63.7 cm³/mol. The van der Waals surface area contributed by atoms with Gasteiger partial charge in [0.1, 0.15) is 0 Å². The number of carbonyl (C=O) groups is 1. The normalized spacial score (nSPS) is 9.63. The molecule has 94 valence electrons. The van der Waals surface area contributed by atoms with Gasteiger partial charge in [0.15, 0.2) is 0 Å². The Morgan fingerprint density at radius 2 is 2.05 bits per heavy atom. The number of carboxylic acid groups (broad SMARTS) is 1. The molecule has 0 fully saturated rings. The predicted octanol–water partition coefficient (Wildman–Crippen LogP) is 1.37. The Bertz CT molecular complexity index is 713. The van der Waals surface area contributed by atoms with Gasteiger partial charge in [-0.3, -0.25) is 4.79 Å². The summed E-state index contributed by atoms with van der Waals surface area (Å²) in [5.74, 6) is -0.359. The number of benzene rings is 1. The van der Waals surface area contributed by atoms with Crippen molar-refractivity contribution in [2.75, 3.05) is 0 Å². The Morgan fingerprint density at radius 3 is 2.63 bits per heavy atom. The SMILES string of the molecule is N#Cc1ccc(-c2cc(OC(=O)O)c(=O)[nH]n2)cc1. The minimum Gasteiger partial charge on any atom is -0.449 e. The third kappa shape index (κ3) is 2.76. The fourth-order valence-corrected chi connectivity index (χ4v) is 1.42. The number of H-pyrrole nitrogens is 1. The molecule has 7 heteroatoms. The molecule has 0 spiro atoms. The van der Waals surface area contributed by atoms with Gasteiger partial charge in [-0.05, 0) is 12.1 Å². The molecule has 1 aromatic heterocycles. The molecule has 2 N–H and O–H groups in total. The second kappa shape index (κ2) is 5.01. The first-order chi connectivity index (χ1) is 9.10. The van der Waals surface area contributed by atoms with Gasteiger partial charge >= 0.3 is 11.7 Å². The van der Waals surface area contributed by atoms with Gasteiger partial charge in [0, 0.05) is 11.6 Å². The zero-order valence-corrected chi connectivity index (χ0v) is 9.45. The first kappa shape index (κ1) is 12.3. The highest BCUT2D eigenvalue weighted by molar-refractivity contribution is 5.64. The Labute approximate surface area is 106 Å². The van der Waals surface area contributed by atoms with E-state index in [1.54, 1.807) is 24.3 Å². The van der Waals surface area contributed by atoms with Crippen molar-refractivity contribution < 1.29 is 14.6 Å². The van der Waals surface area contributed by atoms with Crippen molar-refractivity contribution in [2.45, 2.75) is 0 Å². The molecule has 0 unspecified atom stereocenters. The molecular weight excluding hydrogens is 250 g/mol. The fraction of sp³-hybridized carbons (Fsp3) is 0. The zero-order valence-electron chi connectivity index (χ0n) is 9.45. The average Bonchev–Trinajstić information content (AvgIpc) is 2.41. The molecule has 1 aromatic carbocycles. The van der Waals surface area contributed by atoms with E-state index in [0.717, 1.165) is 0 Å². The van der Waals surface area contributed by atoms with Crippen LogP contribution in [0.1, 0.15) is 5.56 Å². The van der Waals surface area contributed by atoms with E-state index in [4.69, 9.17) is 10.4 Å². The van der Waals surface area contributed by atoms with Crippen molar-refractivity contribution in [3.05, 3.63) is 46.2 Å². The van der Waals surface area contributed by atoms with Crippen molar-refractivity contribution in [2.24, 2.45) is 0 Å². The topological polar surface area (TPSA) is 116 Å². The summed E-state index contributed by atoms with van der Waals surface area (Å²) < 4.78 is 4.33. The summed E-state index contributed by atoms with van der Waals surface area (Å²) >= 11 is 0. The van der Waals surface area contributed by atoms with Crippen LogP contribution >= 0.6 is 0 Å². The molecule has 0 aliphatic rings. The van der Waals surface area contributed by atoms with Crippen LogP contribution in [-0.4, -0.2) is 21.5 Å². The maximum Gasteiger partial charge on any atom is 0.511 e. The van der Waals surface area contributed by atoms with Crippen molar-refractivity contribution in [3.8, 4) is 23.1 Å². The second-order valence-electron chi connectivity index (χ2n) is 3.50. The van der Waals surface area contributed by atoms with Gasteiger partial charge in [0.25, 0.3) is 0 Å². The minimum absolute atomic E-state index is 0.334. The van der Waals surface area contributed by atoms with Gasteiger partial charge < -0.3 is 9.84 Å². The Morgan fingerprint density at radius 1 is 1.37 bits per heavy atom. The molecule has 0 radical (unpaired) electrons. The van der Waals surface area contributed by atoms with Crippen LogP contribution in [0.2, 0.25) is 0 Å². The number of nitriles is 1. The smallest absolute Gasteiger partial charge is 0.449 e. The summed E-state index contributed by atoms with van der Waals surface area (Å²) in [5, 5.41) is 23.1. The van der Waals surface area contributed by atoms with Crippen LogP contribution in [0, 0.1) is 11.3 Å². The van der Waals surface area contributed by atoms with Crippen LogP contribution in [0.5, 0.6) is 5.75 Å². The Hall–Kier alpha value is -3.14. The van der Waals surface area contributed by atoms with E-state index in [-0.39, 0.29) is 5.75 Å². The Kier molecular flexibility index (Phi) is 3.25. The lowest BCUT2D eigenvalue weighted by Crippen LogP contribution is -2.16. The quantitative estimate of drug-likeness (QED) is 0.784. The largest absolute Gasteiger partial charge is 0.511 e. The van der Waals surface area contributed by atoms with Gasteiger partial charge in [-0.15, -0.1) is 0 Å². The highest BCUT2D eigenvalue weighted by atomic mass is 16.7. The van der Waals surface area contributed by atoms with Crippen molar-refractivity contribution >= 4 is 6.16 Å². The third-order valence-corrected chi connectivity index (χ3v) is 2.28. The summed E-state index contributed by atoms with van der Waals surface area (Å²) in [7, 11) is 0. The second-order valence-corrected chi connectivity index (χ2v) is 3.50. The van der Waals surface area contributed by atoms with E-state index in [1.165, 1.54) is 6.07 Å². The monoisotopic (exact) mass is 257 g/mol. The lowest BCUT2D eigenvalue weighted by molar-refractivity contribution is 0.143. The molecule has 0 aliphatic carbocycles. The number of hydrogen-bond donors (Lipinski definition) is 2. The maximum absolute atomic E-state index is 11.3. The number of rotatable bonds is 2. The van der Waals surface area contributed by atoms with E-state index in [9.17, 15) is 9.59 Å². The van der Waals surface area contributed by atoms with Crippen LogP contribution in [0.15, 0.2) is 35.1 Å². The third-order valence-electron chi connectivity index (χ3n) is 2.28. The van der Waals surface area contributed by atoms with Crippen LogP contribution < -0.4 is 10.3 Å². The first-order valence-corrected chi connectivity index (χ1v) is 5.11. The summed E-state index contributed by atoms with van der Waals surface area (Å²) in [6, 6.07) is 9.61. The van der Waals surface area contributed by atoms with Gasteiger partial charge in [0.2, 0.25) is 5.75 Å². The standard InChI is InChI=1S/C12H7N3O4/c13-6-7-1-3-8(4-2-7)9-5-10(19-12(17)18)11(16)15-14-9/h1-5H,(H,15,16)(H,17,18). The minimum atomic E-state index is -1.58. The number of nitrogens with one attached hydrogen (secondary N) is 1. The summed E-state index contributed by atoms with van der Waals surface area (Å²) in [5.41, 5.74) is 0.695. The number of hydrogen-bond acceptors (Lipinski definition) is 5. The number of ether oxygens (including phenoxy) is 1. The van der Waals surface area contributed by atoms with E-state index >= 15 is 0 Å². The summed E-state index contributed by atoms with van der Waals surface area (Å²) in [6.07, 6.45) is -1.58. The number of aromatic amines is 1. The highest BCUT2D eigenvalue weighted by Gasteiger charge is 2.09. The molecule has 0 bridgehead atoms. The number of nitrogens with zero attached hydrogens (tertiary/aromatic N) is 2. The molecule has 7 nitrogen and oxygen atoms in total. The van der Waals surface area contributed by atoms with E-state index in [1.807, 2.05) is 6.07 Å². The molecule has 2 rings (SSSR count). The molecule has 0 atom stereocenters. The molecule has 0 saturated carbocycles. The molecule has 2 aromatic rings. The summed E-state index contributed by atoms with van der Waals surface area (Å²) in [6.45, 7) is 0. The fourth-order valence-electron chi connectivity index (χ4n) is 1.42. The van der Waals surface area contributed by atoms with E-state index < -0.39 is 11.7 Å². The lowest BCUT2D eigenvalue weighted by atomic mass is 10.1. The van der Waals surface area contributed by atoms with E-state index in [2.05, 4.69) is 14.9 Å². The molecule has 0 saturated heterocycles. The number of aromatic nitrogens is 2.